The number of hydrogen-bond donors (Lipinski definition) is 3. The fourth-order valence-corrected chi connectivity index (χ4v) is 9.24. The van der Waals surface area contributed by atoms with E-state index in [9.17, 15) is 19.5 Å². The Morgan fingerprint density at radius 1 is 1.31 bits per heavy atom. The Kier molecular flexibility index (Phi) is 7.62. The highest BCUT2D eigenvalue weighted by Crippen LogP contribution is 2.68. The van der Waals surface area contributed by atoms with E-state index >= 15 is 0 Å². The normalized spacial score (nSPS) is 35.6. The third kappa shape index (κ3) is 4.22. The van der Waals surface area contributed by atoms with Gasteiger partial charge in [-0.15, -0.1) is 11.8 Å². The van der Waals surface area contributed by atoms with E-state index in [2.05, 4.69) is 26.6 Å². The number of thioether (sulfide) groups is 1. The summed E-state index contributed by atoms with van der Waals surface area (Å²) in [7, 11) is 0. The van der Waals surface area contributed by atoms with Crippen LogP contribution in [0.3, 0.4) is 0 Å². The molecule has 3 fully saturated rings. The van der Waals surface area contributed by atoms with Gasteiger partial charge in [-0.1, -0.05) is 43.1 Å². The van der Waals surface area contributed by atoms with Crippen molar-refractivity contribution in [2.24, 2.45) is 17.8 Å². The first kappa shape index (κ1) is 25.8. The number of carbonyl (C=O) groups is 3. The van der Waals surface area contributed by atoms with Crippen LogP contribution in [-0.4, -0.2) is 73.3 Å². The number of fused-ring (bicyclic) bond motifs is 1. The van der Waals surface area contributed by atoms with Gasteiger partial charge in [0.15, 0.2) is 0 Å². The fourth-order valence-electron chi connectivity index (χ4n) is 5.64. The summed E-state index contributed by atoms with van der Waals surface area (Å²) in [4.78, 5) is 42.6. The molecule has 7 nitrogen and oxygen atoms in total. The van der Waals surface area contributed by atoms with Crippen LogP contribution in [0, 0.1) is 17.8 Å². The lowest BCUT2D eigenvalue weighted by Gasteiger charge is -2.40. The number of carbonyl (C=O) groups excluding carboxylic acids is 3. The Morgan fingerprint density at radius 2 is 1.97 bits per heavy atom. The molecule has 3 amide bonds. The van der Waals surface area contributed by atoms with E-state index in [4.69, 9.17) is 0 Å². The van der Waals surface area contributed by atoms with Crippen LogP contribution < -0.4 is 10.6 Å². The van der Waals surface area contributed by atoms with Crippen LogP contribution in [0.25, 0.3) is 0 Å². The van der Waals surface area contributed by atoms with E-state index < -0.39 is 34.2 Å². The summed E-state index contributed by atoms with van der Waals surface area (Å²) >= 11 is 5.40. The van der Waals surface area contributed by atoms with E-state index in [1.165, 1.54) is 0 Å². The number of nitrogens with one attached hydrogen (secondary N) is 2. The summed E-state index contributed by atoms with van der Waals surface area (Å²) in [6.45, 7) is 12.2. The van der Waals surface area contributed by atoms with Crippen LogP contribution in [0.5, 0.6) is 0 Å². The van der Waals surface area contributed by atoms with Crippen molar-refractivity contribution in [3.8, 4) is 0 Å². The lowest BCUT2D eigenvalue weighted by atomic mass is 9.70. The Bertz CT molecular complexity index is 760. The molecule has 0 aliphatic carbocycles. The Labute approximate surface area is 204 Å². The zero-order chi connectivity index (χ0) is 24.0. The van der Waals surface area contributed by atoms with E-state index in [0.29, 0.717) is 13.0 Å². The molecule has 3 unspecified atom stereocenters. The topological polar surface area (TPSA) is 98.7 Å². The SMILES string of the molecule is CCCNC(=O)[C@H]1[C@@H]2SC3(CC2Br)C(C(=O)NC(C)(C)C)N([C@@H](CO)[C@@H](C)CC)C(=O)[C@H]13. The van der Waals surface area contributed by atoms with Crippen LogP contribution in [0.1, 0.15) is 60.8 Å². The Morgan fingerprint density at radius 3 is 2.50 bits per heavy atom. The quantitative estimate of drug-likeness (QED) is 0.417. The van der Waals surface area contributed by atoms with Gasteiger partial charge >= 0.3 is 0 Å². The van der Waals surface area contributed by atoms with E-state index in [-0.39, 0.29) is 40.3 Å². The molecule has 0 aromatic carbocycles. The minimum atomic E-state index is -0.718. The molecule has 9 heteroatoms. The standard InChI is InChI=1S/C23H38BrN3O4S/c1-7-9-25-19(29)15-16-21(31)27(14(11-28)12(3)8-2)18(20(30)26-22(4,5)6)23(16)10-13(24)17(15)32-23/h12-18,28H,7-11H2,1-6H3,(H,25,29)(H,26,30)/t12-,13?,14-,15+,16-,17+,18?,23?/m0/s1. The van der Waals surface area contributed by atoms with Crippen LogP contribution in [0.2, 0.25) is 0 Å². The van der Waals surface area contributed by atoms with Gasteiger partial charge in [-0.25, -0.2) is 0 Å². The van der Waals surface area contributed by atoms with Crippen molar-refractivity contribution >= 4 is 45.4 Å². The van der Waals surface area contributed by atoms with Gasteiger partial charge in [0.2, 0.25) is 17.7 Å². The molecule has 32 heavy (non-hydrogen) atoms. The molecule has 3 saturated heterocycles. The number of nitrogens with zero attached hydrogens (tertiary/aromatic N) is 1. The summed E-state index contributed by atoms with van der Waals surface area (Å²) in [5.41, 5.74) is -0.460. The summed E-state index contributed by atoms with van der Waals surface area (Å²) in [6.07, 6.45) is 2.24. The van der Waals surface area contributed by atoms with E-state index in [1.54, 1.807) is 16.7 Å². The molecule has 1 spiro atoms. The molecule has 3 rings (SSSR count). The van der Waals surface area contributed by atoms with Crippen LogP contribution in [-0.2, 0) is 14.4 Å². The lowest BCUT2D eigenvalue weighted by Crippen LogP contribution is -2.60. The third-order valence-electron chi connectivity index (χ3n) is 7.17. The van der Waals surface area contributed by atoms with Crippen molar-refractivity contribution in [1.29, 1.82) is 0 Å². The molecule has 0 saturated carbocycles. The number of likely N-dealkylation sites (tertiary alicyclic amines) is 1. The molecule has 3 aliphatic heterocycles. The molecular formula is C23H38BrN3O4S. The first-order chi connectivity index (χ1) is 14.9. The highest BCUT2D eigenvalue weighted by Gasteiger charge is 2.76. The Balaban J connectivity index is 2.09. The molecule has 8 atom stereocenters. The second-order valence-electron chi connectivity index (χ2n) is 10.6. The number of alkyl halides is 1. The predicted molar refractivity (Wildman–Crippen MR) is 131 cm³/mol. The lowest BCUT2D eigenvalue weighted by molar-refractivity contribution is -0.144. The van der Waals surface area contributed by atoms with Crippen LogP contribution in [0.15, 0.2) is 0 Å². The maximum Gasteiger partial charge on any atom is 0.244 e. The number of amides is 3. The molecule has 3 N–H and O–H groups in total. The number of halogens is 1. The summed E-state index contributed by atoms with van der Waals surface area (Å²) in [5, 5.41) is 16.3. The number of aliphatic hydroxyl groups excluding tert-OH is 1. The third-order valence-corrected chi connectivity index (χ3v) is 10.4. The van der Waals surface area contributed by atoms with E-state index in [1.807, 2.05) is 41.5 Å². The van der Waals surface area contributed by atoms with Crippen molar-refractivity contribution < 1.29 is 19.5 Å². The molecular weight excluding hydrogens is 494 g/mol. The van der Waals surface area contributed by atoms with Crippen molar-refractivity contribution in [3.63, 3.8) is 0 Å². The fraction of sp³-hybridized carbons (Fsp3) is 0.870. The van der Waals surface area contributed by atoms with Crippen molar-refractivity contribution in [1.82, 2.24) is 15.5 Å². The van der Waals surface area contributed by atoms with Gasteiger partial charge < -0.3 is 20.6 Å². The van der Waals surface area contributed by atoms with Crippen LogP contribution in [0.4, 0.5) is 0 Å². The minimum Gasteiger partial charge on any atom is -0.394 e. The van der Waals surface area contributed by atoms with Gasteiger partial charge in [-0.3, -0.25) is 14.4 Å². The first-order valence-corrected chi connectivity index (χ1v) is 13.6. The number of aliphatic hydroxyl groups is 1. The average Bonchev–Trinajstić information content (AvgIpc) is 3.29. The molecule has 3 heterocycles. The summed E-state index contributed by atoms with van der Waals surface area (Å²) in [5.74, 6) is -1.48. The Hall–Kier alpha value is -0.800. The van der Waals surface area contributed by atoms with E-state index in [0.717, 1.165) is 12.8 Å². The van der Waals surface area contributed by atoms with Gasteiger partial charge in [-0.05, 0) is 39.5 Å². The zero-order valence-electron chi connectivity index (χ0n) is 20.0. The van der Waals surface area contributed by atoms with Gasteiger partial charge in [0.1, 0.15) is 6.04 Å². The largest absolute Gasteiger partial charge is 0.394 e. The molecule has 0 aromatic heterocycles. The van der Waals surface area contributed by atoms with Crippen molar-refractivity contribution in [2.75, 3.05) is 13.2 Å². The minimum absolute atomic E-state index is 0.0263. The monoisotopic (exact) mass is 531 g/mol. The smallest absolute Gasteiger partial charge is 0.244 e. The second-order valence-corrected chi connectivity index (χ2v) is 13.3. The number of rotatable bonds is 8. The van der Waals surface area contributed by atoms with Gasteiger partial charge in [0, 0.05) is 22.2 Å². The van der Waals surface area contributed by atoms with Gasteiger partial charge in [0.05, 0.1) is 29.2 Å². The summed E-state index contributed by atoms with van der Waals surface area (Å²) < 4.78 is -0.680. The van der Waals surface area contributed by atoms with Crippen molar-refractivity contribution in [3.05, 3.63) is 0 Å². The van der Waals surface area contributed by atoms with Crippen molar-refractivity contribution in [2.45, 2.75) is 93.3 Å². The second kappa shape index (κ2) is 9.45. The maximum atomic E-state index is 14.0. The molecule has 0 radical (unpaired) electrons. The first-order valence-electron chi connectivity index (χ1n) is 11.8. The average molecular weight is 533 g/mol. The maximum absolute atomic E-state index is 14.0. The molecule has 3 aliphatic rings. The molecule has 182 valence electrons. The highest BCUT2D eigenvalue weighted by atomic mass is 79.9. The van der Waals surface area contributed by atoms with Gasteiger partial charge in [0.25, 0.3) is 0 Å². The molecule has 2 bridgehead atoms. The van der Waals surface area contributed by atoms with Crippen LogP contribution >= 0.6 is 27.7 Å². The molecule has 0 aromatic rings. The summed E-state index contributed by atoms with van der Waals surface area (Å²) in [6, 6.07) is -1.18. The highest BCUT2D eigenvalue weighted by molar-refractivity contribution is 9.09. The zero-order valence-corrected chi connectivity index (χ0v) is 22.4. The van der Waals surface area contributed by atoms with Gasteiger partial charge in [-0.2, -0.15) is 0 Å². The predicted octanol–water partition coefficient (Wildman–Crippen LogP) is 2.30. The number of hydrogen-bond acceptors (Lipinski definition) is 5.